The topological polar surface area (TPSA) is 49.3 Å². The molecule has 0 N–H and O–H groups in total. The molecule has 0 radical (unpaired) electrons. The molecule has 0 aliphatic carbocycles. The van der Waals surface area contributed by atoms with Gasteiger partial charge in [-0.2, -0.15) is 13.2 Å². The number of aromatic nitrogens is 2. The summed E-state index contributed by atoms with van der Waals surface area (Å²) in [5.41, 5.74) is 3.31. The predicted octanol–water partition coefficient (Wildman–Crippen LogP) is 4.13. The average molecular weight is 425 g/mol. The number of carbonyl (C=O) groups excluding carboxylic acids is 1. The number of hydrogen-bond acceptors (Lipinski definition) is 4. The fourth-order valence-corrected chi connectivity index (χ4v) is 4.21. The molecule has 5 nitrogen and oxygen atoms in total. The van der Waals surface area contributed by atoms with E-state index in [1.54, 1.807) is 4.90 Å². The van der Waals surface area contributed by atoms with Crippen molar-refractivity contribution >= 4 is 23.2 Å². The van der Waals surface area contributed by atoms with Gasteiger partial charge in [-0.15, -0.1) is 0 Å². The van der Waals surface area contributed by atoms with E-state index in [-0.39, 0.29) is 11.8 Å². The smallest absolute Gasteiger partial charge is 0.369 e. The number of nitrogens with zero attached hydrogens (tertiary/aromatic N) is 4. The zero-order valence-corrected chi connectivity index (χ0v) is 16.8. The van der Waals surface area contributed by atoms with Crippen molar-refractivity contribution < 1.29 is 18.0 Å². The first-order valence-corrected chi connectivity index (χ1v) is 9.74. The predicted molar refractivity (Wildman–Crippen MR) is 103 cm³/mol. The lowest BCUT2D eigenvalue weighted by atomic mass is 10.1. The van der Waals surface area contributed by atoms with Gasteiger partial charge in [0.25, 0.3) is 0 Å². The lowest BCUT2D eigenvalue weighted by molar-refractivity contribution is -0.141. The summed E-state index contributed by atoms with van der Waals surface area (Å²) >= 11 is 6.29. The number of fused-ring (bicyclic) bond motifs is 1. The van der Waals surface area contributed by atoms with Crippen LogP contribution in [-0.2, 0) is 24.1 Å². The van der Waals surface area contributed by atoms with Crippen LogP contribution in [-0.4, -0.2) is 33.9 Å². The highest BCUT2D eigenvalue weighted by Crippen LogP contribution is 2.34. The van der Waals surface area contributed by atoms with E-state index in [0.29, 0.717) is 43.3 Å². The van der Waals surface area contributed by atoms with Gasteiger partial charge in [0.05, 0.1) is 40.8 Å². The zero-order chi connectivity index (χ0) is 20.9. The van der Waals surface area contributed by atoms with Gasteiger partial charge in [-0.3, -0.25) is 9.78 Å². The maximum absolute atomic E-state index is 13.0. The van der Waals surface area contributed by atoms with Gasteiger partial charge in [0.15, 0.2) is 0 Å². The summed E-state index contributed by atoms with van der Waals surface area (Å²) in [6.07, 6.45) is -2.58. The molecule has 4 rings (SSSR count). The van der Waals surface area contributed by atoms with E-state index >= 15 is 0 Å². The largest absolute Gasteiger partial charge is 0.433 e. The standard InChI is InChI=1S/C20H20ClF3N4O/c1-11-15-9-28(10-16(15)26-12(2)18(11)21)19(29)13-5-6-27(8-13)14-3-4-17(25-7-14)20(22,23)24/h3-4,7,13H,5-6,8-10H2,1-2H3/t13-/m1/s1. The Labute approximate surface area is 171 Å². The molecule has 2 aromatic heterocycles. The second-order valence-electron chi connectivity index (χ2n) is 7.59. The van der Waals surface area contributed by atoms with Crippen molar-refractivity contribution in [2.75, 3.05) is 18.0 Å². The lowest BCUT2D eigenvalue weighted by Crippen LogP contribution is -2.34. The van der Waals surface area contributed by atoms with Gasteiger partial charge in [0, 0.05) is 19.6 Å². The highest BCUT2D eigenvalue weighted by molar-refractivity contribution is 6.32. The van der Waals surface area contributed by atoms with Crippen LogP contribution in [0.5, 0.6) is 0 Å². The highest BCUT2D eigenvalue weighted by atomic mass is 35.5. The maximum Gasteiger partial charge on any atom is 0.433 e. The van der Waals surface area contributed by atoms with E-state index in [1.165, 1.54) is 12.3 Å². The minimum Gasteiger partial charge on any atom is -0.369 e. The van der Waals surface area contributed by atoms with Crippen LogP contribution in [0.25, 0.3) is 0 Å². The monoisotopic (exact) mass is 424 g/mol. The van der Waals surface area contributed by atoms with Crippen molar-refractivity contribution in [3.63, 3.8) is 0 Å². The fraction of sp³-hybridized carbons (Fsp3) is 0.450. The van der Waals surface area contributed by atoms with Gasteiger partial charge in [0.2, 0.25) is 5.91 Å². The van der Waals surface area contributed by atoms with E-state index in [1.807, 2.05) is 18.7 Å². The molecule has 0 saturated carbocycles. The molecule has 2 aliphatic heterocycles. The molecule has 0 bridgehead atoms. The first kappa shape index (κ1) is 19.9. The molecule has 1 amide bonds. The molecule has 1 atom stereocenters. The summed E-state index contributed by atoms with van der Waals surface area (Å²) in [5.74, 6) is -0.165. The fourth-order valence-electron chi connectivity index (χ4n) is 4.06. The Morgan fingerprint density at radius 2 is 2.00 bits per heavy atom. The number of aryl methyl sites for hydroxylation is 1. The van der Waals surface area contributed by atoms with Gasteiger partial charge in [-0.1, -0.05) is 11.6 Å². The number of amides is 1. The van der Waals surface area contributed by atoms with E-state index in [9.17, 15) is 18.0 Å². The third-order valence-corrected chi connectivity index (χ3v) is 6.25. The first-order chi connectivity index (χ1) is 13.6. The van der Waals surface area contributed by atoms with Crippen LogP contribution in [0.1, 0.15) is 34.6 Å². The Balaban J connectivity index is 1.43. The third kappa shape index (κ3) is 3.66. The Hall–Kier alpha value is -2.35. The van der Waals surface area contributed by atoms with Gasteiger partial charge in [-0.25, -0.2) is 4.98 Å². The Morgan fingerprint density at radius 1 is 1.24 bits per heavy atom. The van der Waals surface area contributed by atoms with Crippen molar-refractivity contribution in [3.05, 3.63) is 51.6 Å². The van der Waals surface area contributed by atoms with Crippen molar-refractivity contribution in [3.8, 4) is 0 Å². The van der Waals surface area contributed by atoms with Gasteiger partial charge in [-0.05, 0) is 43.5 Å². The summed E-state index contributed by atoms with van der Waals surface area (Å²) in [5, 5.41) is 0.639. The second-order valence-corrected chi connectivity index (χ2v) is 7.96. The molecule has 2 aliphatic rings. The molecular weight excluding hydrogens is 405 g/mol. The molecule has 154 valence electrons. The van der Waals surface area contributed by atoms with Crippen molar-refractivity contribution in [1.29, 1.82) is 0 Å². The summed E-state index contributed by atoms with van der Waals surface area (Å²) in [6.45, 7) is 5.82. The van der Waals surface area contributed by atoms with Gasteiger partial charge < -0.3 is 9.80 Å². The van der Waals surface area contributed by atoms with Crippen molar-refractivity contribution in [2.45, 2.75) is 39.5 Å². The second kappa shape index (κ2) is 7.16. The summed E-state index contributed by atoms with van der Waals surface area (Å²) in [7, 11) is 0. The number of rotatable bonds is 2. The summed E-state index contributed by atoms with van der Waals surface area (Å²) < 4.78 is 38.1. The molecule has 4 heterocycles. The van der Waals surface area contributed by atoms with Gasteiger partial charge >= 0.3 is 6.18 Å². The van der Waals surface area contributed by atoms with E-state index in [0.717, 1.165) is 28.6 Å². The van der Waals surface area contributed by atoms with Crippen LogP contribution in [0.2, 0.25) is 5.02 Å². The molecule has 29 heavy (non-hydrogen) atoms. The summed E-state index contributed by atoms with van der Waals surface area (Å²) in [4.78, 5) is 24.8. The van der Waals surface area contributed by atoms with Crippen LogP contribution in [0.15, 0.2) is 18.3 Å². The molecule has 9 heteroatoms. The van der Waals surface area contributed by atoms with Crippen LogP contribution in [0.3, 0.4) is 0 Å². The molecule has 0 spiro atoms. The number of halogens is 4. The summed E-state index contributed by atoms with van der Waals surface area (Å²) in [6, 6.07) is 2.38. The number of alkyl halides is 3. The quantitative estimate of drug-likeness (QED) is 0.727. The number of anilines is 1. The zero-order valence-electron chi connectivity index (χ0n) is 16.1. The number of carbonyl (C=O) groups is 1. The van der Waals surface area contributed by atoms with Crippen LogP contribution < -0.4 is 4.90 Å². The lowest BCUT2D eigenvalue weighted by Gasteiger charge is -2.21. The normalized spacial score (nSPS) is 19.0. The van der Waals surface area contributed by atoms with E-state index in [4.69, 9.17) is 11.6 Å². The van der Waals surface area contributed by atoms with Crippen LogP contribution in [0.4, 0.5) is 18.9 Å². The molecule has 0 aromatic carbocycles. The van der Waals surface area contributed by atoms with Gasteiger partial charge in [0.1, 0.15) is 5.69 Å². The minimum atomic E-state index is -4.46. The first-order valence-electron chi connectivity index (χ1n) is 9.36. The Morgan fingerprint density at radius 3 is 2.66 bits per heavy atom. The van der Waals surface area contributed by atoms with Crippen molar-refractivity contribution in [2.24, 2.45) is 5.92 Å². The molecular formula is C20H20ClF3N4O. The molecule has 1 saturated heterocycles. The molecule has 2 aromatic rings. The SMILES string of the molecule is Cc1nc2c(c(C)c1Cl)CN(C(=O)[C@@H]1CCN(c3ccc(C(F)(F)F)nc3)C1)C2. The van der Waals surface area contributed by atoms with Crippen LogP contribution in [0, 0.1) is 19.8 Å². The Bertz CT molecular complexity index is 962. The van der Waals surface area contributed by atoms with Crippen molar-refractivity contribution in [1.82, 2.24) is 14.9 Å². The van der Waals surface area contributed by atoms with E-state index in [2.05, 4.69) is 9.97 Å². The Kier molecular flexibility index (Phi) is 4.93. The maximum atomic E-state index is 13.0. The molecule has 0 unspecified atom stereocenters. The minimum absolute atomic E-state index is 0.0403. The molecule has 1 fully saturated rings. The number of hydrogen-bond donors (Lipinski definition) is 0. The van der Waals surface area contributed by atoms with E-state index < -0.39 is 11.9 Å². The highest BCUT2D eigenvalue weighted by Gasteiger charge is 2.36. The third-order valence-electron chi connectivity index (χ3n) is 5.69. The number of pyridine rings is 2. The average Bonchev–Trinajstić information content (AvgIpc) is 3.33. The van der Waals surface area contributed by atoms with Crippen LogP contribution >= 0.6 is 11.6 Å².